The first kappa shape index (κ1) is 18.6. The Kier molecular flexibility index (Phi) is 5.54. The highest BCUT2D eigenvalue weighted by Crippen LogP contribution is 2.23. The van der Waals surface area contributed by atoms with Crippen molar-refractivity contribution in [1.82, 2.24) is 4.90 Å². The summed E-state index contributed by atoms with van der Waals surface area (Å²) in [7, 11) is 0. The van der Waals surface area contributed by atoms with E-state index in [0.717, 1.165) is 18.5 Å². The van der Waals surface area contributed by atoms with Crippen LogP contribution >= 0.6 is 0 Å². The standard InChI is InChI=1S/C21H24N4O2/c1-3-14-8-7-9-15(4-2)18(14)24-21(22)23-12-13-25-19(26)16-10-5-6-11-17(16)20(25)27/h5-11H,3-4,12-13H2,1-2H3,(H3,22,23,24). The second kappa shape index (κ2) is 8.03. The van der Waals surface area contributed by atoms with Crippen molar-refractivity contribution in [3.8, 4) is 0 Å². The van der Waals surface area contributed by atoms with Gasteiger partial charge >= 0.3 is 0 Å². The van der Waals surface area contributed by atoms with Crippen molar-refractivity contribution in [3.63, 3.8) is 0 Å². The maximum atomic E-state index is 12.4. The number of carbonyl (C=O) groups is 2. The molecule has 2 aromatic carbocycles. The van der Waals surface area contributed by atoms with E-state index in [1.165, 1.54) is 16.0 Å². The number of carbonyl (C=O) groups excluding carboxylic acids is 2. The zero-order valence-electron chi connectivity index (χ0n) is 15.7. The van der Waals surface area contributed by atoms with Crippen LogP contribution in [0.4, 0.5) is 5.69 Å². The predicted octanol–water partition coefficient (Wildman–Crippen LogP) is 2.83. The largest absolute Gasteiger partial charge is 0.370 e. The first-order chi connectivity index (χ1) is 13.1. The summed E-state index contributed by atoms with van der Waals surface area (Å²) >= 11 is 0. The number of hydrogen-bond acceptors (Lipinski definition) is 3. The van der Waals surface area contributed by atoms with E-state index < -0.39 is 0 Å². The number of nitrogens with two attached hydrogens (primary N) is 1. The summed E-state index contributed by atoms with van der Waals surface area (Å²) in [4.78, 5) is 30.2. The molecular weight excluding hydrogens is 340 g/mol. The summed E-state index contributed by atoms with van der Waals surface area (Å²) in [5, 5.41) is 3.19. The number of nitrogens with zero attached hydrogens (tertiary/aromatic N) is 2. The number of fused-ring (bicyclic) bond motifs is 1. The van der Waals surface area contributed by atoms with Crippen LogP contribution in [0.5, 0.6) is 0 Å². The zero-order valence-corrected chi connectivity index (χ0v) is 15.7. The molecule has 0 aromatic heterocycles. The molecule has 27 heavy (non-hydrogen) atoms. The number of aryl methyl sites for hydroxylation is 2. The molecule has 0 fully saturated rings. The van der Waals surface area contributed by atoms with Crippen molar-refractivity contribution < 1.29 is 9.59 Å². The van der Waals surface area contributed by atoms with Crippen molar-refractivity contribution in [3.05, 3.63) is 64.7 Å². The van der Waals surface area contributed by atoms with Crippen LogP contribution in [0.2, 0.25) is 0 Å². The molecule has 1 aliphatic rings. The molecule has 0 atom stereocenters. The summed E-state index contributed by atoms with van der Waals surface area (Å²) in [6.07, 6.45) is 1.77. The van der Waals surface area contributed by atoms with Gasteiger partial charge in [-0.3, -0.25) is 19.5 Å². The molecule has 0 aliphatic carbocycles. The molecule has 0 bridgehead atoms. The molecule has 0 saturated carbocycles. The molecule has 2 aromatic rings. The maximum Gasteiger partial charge on any atom is 0.261 e. The van der Waals surface area contributed by atoms with E-state index in [1.54, 1.807) is 24.3 Å². The average Bonchev–Trinajstić information content (AvgIpc) is 2.93. The highest BCUT2D eigenvalue weighted by atomic mass is 16.2. The molecule has 0 saturated heterocycles. The molecule has 3 rings (SSSR count). The molecule has 3 N–H and O–H groups in total. The number of nitrogens with one attached hydrogen (secondary N) is 1. The minimum absolute atomic E-state index is 0.199. The molecule has 140 valence electrons. The summed E-state index contributed by atoms with van der Waals surface area (Å²) in [5.41, 5.74) is 10.3. The maximum absolute atomic E-state index is 12.4. The quantitative estimate of drug-likeness (QED) is 0.469. The Morgan fingerprint density at radius 1 is 0.963 bits per heavy atom. The summed E-state index contributed by atoms with van der Waals surface area (Å²) in [6.45, 7) is 4.63. The van der Waals surface area contributed by atoms with Crippen LogP contribution in [0.3, 0.4) is 0 Å². The van der Waals surface area contributed by atoms with Crippen molar-refractivity contribution in [1.29, 1.82) is 0 Å². The van der Waals surface area contributed by atoms with Gasteiger partial charge in [-0.2, -0.15) is 0 Å². The Morgan fingerprint density at radius 2 is 1.52 bits per heavy atom. The van der Waals surface area contributed by atoms with Crippen LogP contribution in [0.15, 0.2) is 47.5 Å². The number of anilines is 1. The third-order valence-electron chi connectivity index (χ3n) is 4.74. The molecule has 0 radical (unpaired) electrons. The molecule has 0 spiro atoms. The number of guanidine groups is 1. The highest BCUT2D eigenvalue weighted by Gasteiger charge is 2.34. The predicted molar refractivity (Wildman–Crippen MR) is 107 cm³/mol. The SMILES string of the molecule is CCc1cccc(CC)c1NC(N)=NCCN1C(=O)c2ccccc2C1=O. The minimum Gasteiger partial charge on any atom is -0.370 e. The van der Waals surface area contributed by atoms with Gasteiger partial charge in [-0.1, -0.05) is 44.2 Å². The topological polar surface area (TPSA) is 87.8 Å². The van der Waals surface area contributed by atoms with E-state index in [1.807, 2.05) is 6.07 Å². The number of aliphatic imine (C=N–C) groups is 1. The van der Waals surface area contributed by atoms with Crippen LogP contribution in [0, 0.1) is 0 Å². The Balaban J connectivity index is 1.66. The average molecular weight is 364 g/mol. The third kappa shape index (κ3) is 3.69. The van der Waals surface area contributed by atoms with Crippen molar-refractivity contribution in [2.75, 3.05) is 18.4 Å². The lowest BCUT2D eigenvalue weighted by atomic mass is 10.0. The monoisotopic (exact) mass is 364 g/mol. The van der Waals surface area contributed by atoms with E-state index >= 15 is 0 Å². The smallest absolute Gasteiger partial charge is 0.261 e. The fourth-order valence-electron chi connectivity index (χ4n) is 3.28. The number of imide groups is 1. The van der Waals surface area contributed by atoms with Gasteiger partial charge in [0.15, 0.2) is 5.96 Å². The number of para-hydroxylation sites is 1. The van der Waals surface area contributed by atoms with E-state index in [0.29, 0.717) is 11.1 Å². The Bertz CT molecular complexity index is 848. The van der Waals surface area contributed by atoms with Crippen molar-refractivity contribution >= 4 is 23.5 Å². The number of benzene rings is 2. The first-order valence-electron chi connectivity index (χ1n) is 9.19. The molecule has 6 nitrogen and oxygen atoms in total. The first-order valence-corrected chi connectivity index (χ1v) is 9.19. The van der Waals surface area contributed by atoms with Crippen molar-refractivity contribution in [2.24, 2.45) is 10.7 Å². The Labute approximate surface area is 159 Å². The fourth-order valence-corrected chi connectivity index (χ4v) is 3.28. The van der Waals surface area contributed by atoms with Crippen LogP contribution in [0.25, 0.3) is 0 Å². The lowest BCUT2D eigenvalue weighted by molar-refractivity contribution is 0.0659. The molecule has 6 heteroatoms. The third-order valence-corrected chi connectivity index (χ3v) is 4.74. The Morgan fingerprint density at radius 3 is 2.04 bits per heavy atom. The number of hydrogen-bond donors (Lipinski definition) is 2. The lowest BCUT2D eigenvalue weighted by Crippen LogP contribution is -2.33. The fraction of sp³-hybridized carbons (Fsp3) is 0.286. The van der Waals surface area contributed by atoms with Crippen LogP contribution < -0.4 is 11.1 Å². The van der Waals surface area contributed by atoms with Gasteiger partial charge < -0.3 is 11.1 Å². The van der Waals surface area contributed by atoms with Crippen LogP contribution in [0.1, 0.15) is 45.7 Å². The summed E-state index contributed by atoms with van der Waals surface area (Å²) in [5.74, 6) is -0.272. The Hall–Kier alpha value is -3.15. The lowest BCUT2D eigenvalue weighted by Gasteiger charge is -2.15. The highest BCUT2D eigenvalue weighted by molar-refractivity contribution is 6.21. The normalized spacial score (nSPS) is 13.9. The van der Waals surface area contributed by atoms with Gasteiger partial charge in [0, 0.05) is 12.2 Å². The van der Waals surface area contributed by atoms with Gasteiger partial charge in [0.05, 0.1) is 17.7 Å². The second-order valence-corrected chi connectivity index (χ2v) is 6.36. The molecule has 1 aliphatic heterocycles. The van der Waals surface area contributed by atoms with Gasteiger partial charge in [-0.25, -0.2) is 0 Å². The van der Waals surface area contributed by atoms with Gasteiger partial charge in [-0.05, 0) is 36.1 Å². The molecule has 2 amide bonds. The van der Waals surface area contributed by atoms with E-state index in [4.69, 9.17) is 5.73 Å². The van der Waals surface area contributed by atoms with Gasteiger partial charge in [0.25, 0.3) is 11.8 Å². The minimum atomic E-state index is -0.276. The molecular formula is C21H24N4O2. The van der Waals surface area contributed by atoms with Crippen LogP contribution in [-0.2, 0) is 12.8 Å². The van der Waals surface area contributed by atoms with E-state index in [9.17, 15) is 9.59 Å². The van der Waals surface area contributed by atoms with Crippen LogP contribution in [-0.4, -0.2) is 35.8 Å². The number of rotatable bonds is 6. The summed E-state index contributed by atoms with van der Waals surface area (Å²) in [6, 6.07) is 13.0. The van der Waals surface area contributed by atoms with E-state index in [2.05, 4.69) is 36.3 Å². The molecule has 0 unspecified atom stereocenters. The van der Waals surface area contributed by atoms with E-state index in [-0.39, 0.29) is 30.9 Å². The zero-order chi connectivity index (χ0) is 19.4. The summed E-state index contributed by atoms with van der Waals surface area (Å²) < 4.78 is 0. The van der Waals surface area contributed by atoms with Gasteiger partial charge in [0.1, 0.15) is 0 Å². The number of amides is 2. The molecule has 1 heterocycles. The van der Waals surface area contributed by atoms with Gasteiger partial charge in [-0.15, -0.1) is 0 Å². The van der Waals surface area contributed by atoms with Gasteiger partial charge in [0.2, 0.25) is 0 Å². The second-order valence-electron chi connectivity index (χ2n) is 6.36. The van der Waals surface area contributed by atoms with Crippen molar-refractivity contribution in [2.45, 2.75) is 26.7 Å².